The first-order valence-electron chi connectivity index (χ1n) is 11.8. The van der Waals surface area contributed by atoms with Crippen LogP contribution in [0.5, 0.6) is 11.5 Å². The summed E-state index contributed by atoms with van der Waals surface area (Å²) in [5, 5.41) is 8.22. The molecule has 0 bridgehead atoms. The number of aromatic nitrogens is 4. The standard InChI is InChI=1S/C29H26N4O4S/c1-36-29-19-27(37-20-26-5-3-4-15-30-26)13-10-23(29)9-12-25-18-24(31-32-25)11-7-21-6-8-22-14-16-33(28(22)17-21)38(2,34)35/h3-19H,20H2,1-2H3,(H,31,32)/b11-7+,12-9+. The number of fused-ring (bicyclic) bond motifs is 1. The van der Waals surface area contributed by atoms with Gasteiger partial charge in [-0.25, -0.2) is 12.4 Å². The highest BCUT2D eigenvalue weighted by molar-refractivity contribution is 7.89. The predicted octanol–water partition coefficient (Wildman–Crippen LogP) is 5.50. The largest absolute Gasteiger partial charge is 0.496 e. The molecule has 5 aromatic rings. The average Bonchev–Trinajstić information content (AvgIpc) is 3.57. The topological polar surface area (TPSA) is 99.1 Å². The summed E-state index contributed by atoms with van der Waals surface area (Å²) < 4.78 is 36.7. The molecule has 0 spiro atoms. The molecule has 3 heterocycles. The molecule has 0 atom stereocenters. The van der Waals surface area contributed by atoms with Crippen LogP contribution in [0.2, 0.25) is 0 Å². The molecule has 0 aliphatic carbocycles. The number of nitrogens with zero attached hydrogens (tertiary/aromatic N) is 3. The summed E-state index contributed by atoms with van der Waals surface area (Å²) >= 11 is 0. The van der Waals surface area contributed by atoms with Gasteiger partial charge < -0.3 is 9.47 Å². The Balaban J connectivity index is 1.27. The molecule has 0 saturated carbocycles. The number of rotatable bonds is 9. The van der Waals surface area contributed by atoms with E-state index >= 15 is 0 Å². The Bertz CT molecular complexity index is 1740. The zero-order chi connectivity index (χ0) is 26.5. The minimum Gasteiger partial charge on any atom is -0.496 e. The van der Waals surface area contributed by atoms with Gasteiger partial charge in [-0.05, 0) is 66.3 Å². The fourth-order valence-corrected chi connectivity index (χ4v) is 4.76. The van der Waals surface area contributed by atoms with Gasteiger partial charge in [0.25, 0.3) is 0 Å². The number of hydrogen-bond donors (Lipinski definition) is 1. The van der Waals surface area contributed by atoms with Gasteiger partial charge in [0, 0.05) is 29.4 Å². The Kier molecular flexibility index (Phi) is 7.10. The molecule has 3 aromatic heterocycles. The van der Waals surface area contributed by atoms with Gasteiger partial charge in [0.05, 0.1) is 36.0 Å². The molecule has 2 aromatic carbocycles. The van der Waals surface area contributed by atoms with E-state index in [1.807, 2.05) is 85.0 Å². The lowest BCUT2D eigenvalue weighted by Crippen LogP contribution is -2.07. The monoisotopic (exact) mass is 526 g/mol. The molecular formula is C29H26N4O4S. The Morgan fingerprint density at radius 3 is 2.66 bits per heavy atom. The van der Waals surface area contributed by atoms with Crippen molar-refractivity contribution in [3.8, 4) is 11.5 Å². The second-order valence-corrected chi connectivity index (χ2v) is 10.5. The molecule has 0 fully saturated rings. The van der Waals surface area contributed by atoms with Gasteiger partial charge >= 0.3 is 0 Å². The Morgan fingerprint density at radius 2 is 1.87 bits per heavy atom. The summed E-state index contributed by atoms with van der Waals surface area (Å²) in [6, 6.07) is 20.8. The Morgan fingerprint density at radius 1 is 0.974 bits per heavy atom. The van der Waals surface area contributed by atoms with Gasteiger partial charge in [-0.3, -0.25) is 10.1 Å². The lowest BCUT2D eigenvalue weighted by atomic mass is 10.1. The van der Waals surface area contributed by atoms with Crippen molar-refractivity contribution in [3.05, 3.63) is 107 Å². The minimum atomic E-state index is -3.37. The summed E-state index contributed by atoms with van der Waals surface area (Å²) in [4.78, 5) is 4.27. The van der Waals surface area contributed by atoms with E-state index in [2.05, 4.69) is 15.2 Å². The van der Waals surface area contributed by atoms with Gasteiger partial charge in [-0.15, -0.1) is 0 Å². The van der Waals surface area contributed by atoms with E-state index in [1.165, 1.54) is 10.2 Å². The average molecular weight is 527 g/mol. The smallest absolute Gasteiger partial charge is 0.236 e. The molecule has 8 nitrogen and oxygen atoms in total. The van der Waals surface area contributed by atoms with Crippen LogP contribution in [-0.2, 0) is 16.6 Å². The van der Waals surface area contributed by atoms with E-state index in [1.54, 1.807) is 25.6 Å². The maximum Gasteiger partial charge on any atom is 0.236 e. The lowest BCUT2D eigenvalue weighted by molar-refractivity contribution is 0.299. The number of hydrogen-bond acceptors (Lipinski definition) is 6. The molecule has 0 amide bonds. The summed E-state index contributed by atoms with van der Waals surface area (Å²) in [6.45, 7) is 0.377. The normalized spacial score (nSPS) is 12.1. The SMILES string of the molecule is COc1cc(OCc2ccccn2)ccc1/C=C/c1cc(/C=C/c2ccc3ccn(S(C)(=O)=O)c3c2)n[nH]1. The summed E-state index contributed by atoms with van der Waals surface area (Å²) in [7, 11) is -1.75. The van der Waals surface area contributed by atoms with Crippen molar-refractivity contribution in [1.82, 2.24) is 19.2 Å². The molecule has 192 valence electrons. The summed E-state index contributed by atoms with van der Waals surface area (Å²) in [5.41, 5.74) is 4.82. The van der Waals surface area contributed by atoms with Crippen LogP contribution in [0, 0.1) is 0 Å². The van der Waals surface area contributed by atoms with E-state index in [-0.39, 0.29) is 0 Å². The molecule has 0 aliphatic heterocycles. The predicted molar refractivity (Wildman–Crippen MR) is 150 cm³/mol. The van der Waals surface area contributed by atoms with Gasteiger partial charge in [-0.2, -0.15) is 5.10 Å². The highest BCUT2D eigenvalue weighted by Gasteiger charge is 2.10. The zero-order valence-electron chi connectivity index (χ0n) is 20.9. The van der Waals surface area contributed by atoms with Crippen molar-refractivity contribution in [2.45, 2.75) is 6.61 Å². The van der Waals surface area contributed by atoms with Crippen molar-refractivity contribution in [1.29, 1.82) is 0 Å². The van der Waals surface area contributed by atoms with E-state index in [4.69, 9.17) is 9.47 Å². The fourth-order valence-electron chi connectivity index (χ4n) is 3.96. The highest BCUT2D eigenvalue weighted by atomic mass is 32.2. The lowest BCUT2D eigenvalue weighted by Gasteiger charge is -2.09. The quantitative estimate of drug-likeness (QED) is 0.272. The zero-order valence-corrected chi connectivity index (χ0v) is 21.7. The molecule has 0 aliphatic rings. The van der Waals surface area contributed by atoms with Crippen LogP contribution in [-0.4, -0.2) is 40.9 Å². The molecule has 0 unspecified atom stereocenters. The molecule has 5 rings (SSSR count). The van der Waals surface area contributed by atoms with Crippen LogP contribution in [0.25, 0.3) is 35.2 Å². The minimum absolute atomic E-state index is 0.377. The van der Waals surface area contributed by atoms with Gasteiger partial charge in [0.15, 0.2) is 0 Å². The van der Waals surface area contributed by atoms with Crippen LogP contribution in [0.4, 0.5) is 0 Å². The molecule has 0 saturated heterocycles. The molecule has 0 radical (unpaired) electrons. The van der Waals surface area contributed by atoms with Crippen LogP contribution in [0.15, 0.2) is 79.1 Å². The second kappa shape index (κ2) is 10.8. The van der Waals surface area contributed by atoms with E-state index in [9.17, 15) is 8.42 Å². The van der Waals surface area contributed by atoms with Gasteiger partial charge in [-0.1, -0.05) is 24.3 Å². The van der Waals surface area contributed by atoms with Crippen molar-refractivity contribution >= 4 is 45.2 Å². The third kappa shape index (κ3) is 5.84. The number of benzene rings is 2. The number of ether oxygens (including phenoxy) is 2. The number of pyridine rings is 1. The van der Waals surface area contributed by atoms with Crippen LogP contribution < -0.4 is 9.47 Å². The molecule has 1 N–H and O–H groups in total. The number of aromatic amines is 1. The van der Waals surface area contributed by atoms with Gasteiger partial charge in [0.2, 0.25) is 10.0 Å². The first kappa shape index (κ1) is 25.0. The maximum absolute atomic E-state index is 12.0. The van der Waals surface area contributed by atoms with Crippen LogP contribution in [0.1, 0.15) is 28.2 Å². The van der Waals surface area contributed by atoms with E-state index in [0.717, 1.165) is 33.6 Å². The van der Waals surface area contributed by atoms with Crippen molar-refractivity contribution in [2.24, 2.45) is 0 Å². The van der Waals surface area contributed by atoms with Crippen molar-refractivity contribution < 1.29 is 17.9 Å². The third-order valence-electron chi connectivity index (χ3n) is 5.86. The molecular weight excluding hydrogens is 500 g/mol. The Hall–Kier alpha value is -4.63. The first-order valence-corrected chi connectivity index (χ1v) is 13.7. The number of methoxy groups -OCH3 is 1. The molecule has 38 heavy (non-hydrogen) atoms. The fraction of sp³-hybridized carbons (Fsp3) is 0.103. The second-order valence-electron chi connectivity index (χ2n) is 8.62. The number of nitrogens with one attached hydrogen (secondary N) is 1. The van der Waals surface area contributed by atoms with Crippen LogP contribution >= 0.6 is 0 Å². The van der Waals surface area contributed by atoms with Crippen molar-refractivity contribution in [3.63, 3.8) is 0 Å². The summed E-state index contributed by atoms with van der Waals surface area (Å²) in [5.74, 6) is 1.38. The molecule has 9 heteroatoms. The van der Waals surface area contributed by atoms with E-state index in [0.29, 0.717) is 23.6 Å². The van der Waals surface area contributed by atoms with Crippen LogP contribution in [0.3, 0.4) is 0 Å². The van der Waals surface area contributed by atoms with E-state index < -0.39 is 10.0 Å². The maximum atomic E-state index is 12.0. The highest BCUT2D eigenvalue weighted by Crippen LogP contribution is 2.27. The third-order valence-corrected chi connectivity index (χ3v) is 6.90. The summed E-state index contributed by atoms with van der Waals surface area (Å²) in [6.07, 6.45) is 12.1. The van der Waals surface area contributed by atoms with Gasteiger partial charge in [0.1, 0.15) is 18.1 Å². The first-order chi connectivity index (χ1) is 18.4. The van der Waals surface area contributed by atoms with Crippen molar-refractivity contribution in [2.75, 3.05) is 13.4 Å². The number of H-pyrrole nitrogens is 1. The Labute approximate surface area is 220 Å².